The van der Waals surface area contributed by atoms with E-state index in [1.165, 1.54) is 17.0 Å². The maximum Gasteiger partial charge on any atom is 0.208 e. The second kappa shape index (κ2) is 8.89. The average molecular weight is 390 g/mol. The van der Waals surface area contributed by atoms with Crippen molar-refractivity contribution >= 4 is 21.4 Å². The Labute approximate surface area is 159 Å². The molecule has 0 fully saturated rings. The number of benzene rings is 1. The molecule has 136 valence electrons. The molecule has 26 heavy (non-hydrogen) atoms. The molecule has 1 aliphatic heterocycles. The summed E-state index contributed by atoms with van der Waals surface area (Å²) in [6.45, 7) is 2.04. The Kier molecular flexibility index (Phi) is 6.85. The summed E-state index contributed by atoms with van der Waals surface area (Å²) in [6, 6.07) is 11.0. The predicted molar refractivity (Wildman–Crippen MR) is 100 cm³/mol. The summed E-state index contributed by atoms with van der Waals surface area (Å²) >= 11 is 6.43. The molecule has 7 heteroatoms. The van der Waals surface area contributed by atoms with Crippen LogP contribution in [0.5, 0.6) is 0 Å². The lowest BCUT2D eigenvalue weighted by atomic mass is 9.94. The molecule has 5 nitrogen and oxygen atoms in total. The summed E-state index contributed by atoms with van der Waals surface area (Å²) in [7, 11) is -3.72. The van der Waals surface area contributed by atoms with Gasteiger partial charge in [-0.25, -0.2) is 8.42 Å². The van der Waals surface area contributed by atoms with Crippen molar-refractivity contribution < 1.29 is 8.42 Å². The van der Waals surface area contributed by atoms with Crippen molar-refractivity contribution in [1.29, 1.82) is 10.5 Å². The third-order valence-electron chi connectivity index (χ3n) is 4.22. The summed E-state index contributed by atoms with van der Waals surface area (Å²) in [5.41, 5.74) is 0.810. The first kappa shape index (κ1) is 20.0. The Morgan fingerprint density at radius 1 is 1.23 bits per heavy atom. The van der Waals surface area contributed by atoms with Crippen LogP contribution in [-0.2, 0) is 9.84 Å². The molecule has 0 saturated carbocycles. The smallest absolute Gasteiger partial charge is 0.208 e. The number of nitriles is 2. The number of halogens is 1. The standard InChI is InChI=1S/C19H20ClN3O2S/c1-2-3-7-15-14-23(16(12-21)13-22)11-10-18(15)19(20)26(24,25)17-8-5-4-6-9-17/h4-6,8-11,14,16,18-19H,2-3,7H2,1H3. The Morgan fingerprint density at radius 2 is 1.88 bits per heavy atom. The number of hydrogen-bond donors (Lipinski definition) is 0. The van der Waals surface area contributed by atoms with E-state index in [-0.39, 0.29) is 4.90 Å². The van der Waals surface area contributed by atoms with Crippen LogP contribution in [0.15, 0.2) is 59.3 Å². The number of hydrogen-bond acceptors (Lipinski definition) is 5. The zero-order valence-corrected chi connectivity index (χ0v) is 16.0. The second-order valence-electron chi connectivity index (χ2n) is 5.99. The molecule has 0 N–H and O–H groups in total. The molecular formula is C19H20ClN3O2S. The normalized spacial score (nSPS) is 18.1. The van der Waals surface area contributed by atoms with E-state index in [4.69, 9.17) is 22.1 Å². The molecule has 1 aliphatic rings. The first-order valence-electron chi connectivity index (χ1n) is 8.34. The van der Waals surface area contributed by atoms with Crippen LogP contribution < -0.4 is 0 Å². The van der Waals surface area contributed by atoms with Gasteiger partial charge >= 0.3 is 0 Å². The molecule has 2 unspecified atom stereocenters. The molecule has 1 aromatic carbocycles. The Hall–Kier alpha value is -2.28. The van der Waals surface area contributed by atoms with E-state index < -0.39 is 26.5 Å². The molecule has 1 aromatic rings. The quantitative estimate of drug-likeness (QED) is 0.659. The minimum atomic E-state index is -3.72. The van der Waals surface area contributed by atoms with Crippen molar-refractivity contribution in [3.05, 3.63) is 54.4 Å². The SMILES string of the molecule is CCCCC1=CN(C(C#N)C#N)C=CC1C(Cl)S(=O)(=O)c1ccccc1. The van der Waals surface area contributed by atoms with Gasteiger partial charge in [-0.3, -0.25) is 0 Å². The highest BCUT2D eigenvalue weighted by Gasteiger charge is 2.35. The van der Waals surface area contributed by atoms with E-state index in [1.807, 2.05) is 19.1 Å². The third kappa shape index (κ3) is 4.27. The topological polar surface area (TPSA) is 85.0 Å². The van der Waals surface area contributed by atoms with Crippen molar-refractivity contribution in [3.63, 3.8) is 0 Å². The van der Waals surface area contributed by atoms with Gasteiger partial charge in [-0.15, -0.1) is 11.6 Å². The Bertz CT molecular complexity index is 852. The summed E-state index contributed by atoms with van der Waals surface area (Å²) in [6.07, 6.45) is 7.37. The van der Waals surface area contributed by atoms with E-state index in [0.29, 0.717) is 6.42 Å². The molecule has 0 spiro atoms. The minimum absolute atomic E-state index is 0.178. The van der Waals surface area contributed by atoms with Gasteiger partial charge in [0, 0.05) is 18.3 Å². The van der Waals surface area contributed by atoms with Crippen LogP contribution in [-0.4, -0.2) is 24.1 Å². The van der Waals surface area contributed by atoms with Gasteiger partial charge in [0.2, 0.25) is 6.04 Å². The Morgan fingerprint density at radius 3 is 2.46 bits per heavy atom. The van der Waals surface area contributed by atoms with Crippen LogP contribution in [0, 0.1) is 28.6 Å². The molecule has 0 aromatic heterocycles. The van der Waals surface area contributed by atoms with Gasteiger partial charge < -0.3 is 4.90 Å². The number of sulfone groups is 1. The predicted octanol–water partition coefficient (Wildman–Crippen LogP) is 3.96. The molecule has 0 amide bonds. The Balaban J connectivity index is 2.35. The number of alkyl halides is 1. The summed E-state index contributed by atoms with van der Waals surface area (Å²) < 4.78 is 24.6. The van der Waals surface area contributed by atoms with Crippen LogP contribution >= 0.6 is 11.6 Å². The number of unbranched alkanes of at least 4 members (excludes halogenated alkanes) is 1. The lowest BCUT2D eigenvalue weighted by Crippen LogP contribution is -2.32. The van der Waals surface area contributed by atoms with E-state index in [0.717, 1.165) is 18.4 Å². The molecule has 0 radical (unpaired) electrons. The number of rotatable bonds is 7. The largest absolute Gasteiger partial charge is 0.327 e. The molecule has 2 rings (SSSR count). The van der Waals surface area contributed by atoms with Gasteiger partial charge in [0.05, 0.1) is 4.90 Å². The van der Waals surface area contributed by atoms with Gasteiger partial charge in [0.15, 0.2) is 9.84 Å². The average Bonchev–Trinajstić information content (AvgIpc) is 2.67. The van der Waals surface area contributed by atoms with E-state index in [9.17, 15) is 8.42 Å². The van der Waals surface area contributed by atoms with Crippen molar-refractivity contribution in [2.24, 2.45) is 5.92 Å². The van der Waals surface area contributed by atoms with Gasteiger partial charge in [-0.1, -0.05) is 37.6 Å². The van der Waals surface area contributed by atoms with E-state index in [2.05, 4.69) is 0 Å². The van der Waals surface area contributed by atoms with Gasteiger partial charge in [0.1, 0.15) is 16.8 Å². The fraction of sp³-hybridized carbons (Fsp3) is 0.368. The fourth-order valence-corrected chi connectivity index (χ4v) is 4.76. The maximum absolute atomic E-state index is 12.9. The van der Waals surface area contributed by atoms with Crippen molar-refractivity contribution in [3.8, 4) is 12.1 Å². The monoisotopic (exact) mass is 389 g/mol. The zero-order chi connectivity index (χ0) is 19.2. The molecule has 0 bridgehead atoms. The number of nitrogens with zero attached hydrogens (tertiary/aromatic N) is 3. The van der Waals surface area contributed by atoms with Crippen molar-refractivity contribution in [2.75, 3.05) is 0 Å². The van der Waals surface area contributed by atoms with Crippen LogP contribution in [0.2, 0.25) is 0 Å². The van der Waals surface area contributed by atoms with Crippen LogP contribution in [0.3, 0.4) is 0 Å². The highest BCUT2D eigenvalue weighted by molar-refractivity contribution is 7.93. The lowest BCUT2D eigenvalue weighted by molar-refractivity contribution is 0.466. The first-order valence-corrected chi connectivity index (χ1v) is 10.3. The molecule has 0 aliphatic carbocycles. The summed E-state index contributed by atoms with van der Waals surface area (Å²) in [5.74, 6) is -0.511. The third-order valence-corrected chi connectivity index (χ3v) is 7.01. The maximum atomic E-state index is 12.9. The molecule has 1 heterocycles. The van der Waals surface area contributed by atoms with E-state index in [1.54, 1.807) is 36.7 Å². The second-order valence-corrected chi connectivity index (χ2v) is 8.79. The van der Waals surface area contributed by atoms with Crippen LogP contribution in [0.25, 0.3) is 0 Å². The fourth-order valence-electron chi connectivity index (χ4n) is 2.76. The highest BCUT2D eigenvalue weighted by atomic mass is 35.5. The van der Waals surface area contributed by atoms with Crippen LogP contribution in [0.1, 0.15) is 26.2 Å². The number of allylic oxidation sites excluding steroid dienone is 2. The minimum Gasteiger partial charge on any atom is -0.327 e. The van der Waals surface area contributed by atoms with E-state index >= 15 is 0 Å². The molecule has 0 saturated heterocycles. The first-order chi connectivity index (χ1) is 12.5. The zero-order valence-electron chi connectivity index (χ0n) is 14.4. The van der Waals surface area contributed by atoms with Crippen molar-refractivity contribution in [1.82, 2.24) is 4.90 Å². The summed E-state index contributed by atoms with van der Waals surface area (Å²) in [5, 5.41) is 18.2. The summed E-state index contributed by atoms with van der Waals surface area (Å²) in [4.78, 5) is 1.68. The van der Waals surface area contributed by atoms with Crippen molar-refractivity contribution in [2.45, 2.75) is 41.8 Å². The highest BCUT2D eigenvalue weighted by Crippen LogP contribution is 2.35. The lowest BCUT2D eigenvalue weighted by Gasteiger charge is -2.30. The van der Waals surface area contributed by atoms with Crippen LogP contribution in [0.4, 0.5) is 0 Å². The van der Waals surface area contributed by atoms with Gasteiger partial charge in [0.25, 0.3) is 0 Å². The van der Waals surface area contributed by atoms with Gasteiger partial charge in [-0.05, 0) is 30.5 Å². The molecular weight excluding hydrogens is 370 g/mol. The molecule has 2 atom stereocenters. The van der Waals surface area contributed by atoms with Gasteiger partial charge in [-0.2, -0.15) is 10.5 Å².